The van der Waals surface area contributed by atoms with Gasteiger partial charge in [-0.1, -0.05) is 20.3 Å². The van der Waals surface area contributed by atoms with Crippen molar-refractivity contribution in [2.75, 3.05) is 0 Å². The van der Waals surface area contributed by atoms with Crippen LogP contribution in [-0.2, 0) is 12.8 Å². The molecule has 1 rings (SSSR count). The van der Waals surface area contributed by atoms with Gasteiger partial charge in [-0.15, -0.1) is 0 Å². The fraction of sp³-hybridized carbons (Fsp3) is 0.538. The van der Waals surface area contributed by atoms with Crippen LogP contribution in [0.1, 0.15) is 42.5 Å². The standard InChI is InChI=1S/C13H19F/c1-5-7-12-9(3)11(6-2)8-13(14)10(12)4/h8H,5-7H2,1-4H3. The van der Waals surface area contributed by atoms with Crippen molar-refractivity contribution >= 4 is 0 Å². The summed E-state index contributed by atoms with van der Waals surface area (Å²) in [6.45, 7) is 8.20. The summed E-state index contributed by atoms with van der Waals surface area (Å²) in [4.78, 5) is 0. The van der Waals surface area contributed by atoms with Crippen LogP contribution in [-0.4, -0.2) is 0 Å². The van der Waals surface area contributed by atoms with Crippen LogP contribution in [0, 0.1) is 19.7 Å². The van der Waals surface area contributed by atoms with E-state index in [0.717, 1.165) is 30.4 Å². The molecule has 0 atom stereocenters. The van der Waals surface area contributed by atoms with Crippen LogP contribution in [0.4, 0.5) is 4.39 Å². The summed E-state index contributed by atoms with van der Waals surface area (Å²) in [6, 6.07) is 1.68. The van der Waals surface area contributed by atoms with Crippen molar-refractivity contribution in [3.05, 3.63) is 34.1 Å². The van der Waals surface area contributed by atoms with Gasteiger partial charge in [0.25, 0.3) is 0 Å². The molecule has 1 heteroatoms. The Morgan fingerprint density at radius 2 is 1.79 bits per heavy atom. The first kappa shape index (κ1) is 11.2. The summed E-state index contributed by atoms with van der Waals surface area (Å²) in [5.41, 5.74) is 4.48. The van der Waals surface area contributed by atoms with Crippen LogP contribution in [0.3, 0.4) is 0 Å². The van der Waals surface area contributed by atoms with Crippen molar-refractivity contribution in [3.63, 3.8) is 0 Å². The van der Waals surface area contributed by atoms with Gasteiger partial charge < -0.3 is 0 Å². The highest BCUT2D eigenvalue weighted by atomic mass is 19.1. The molecule has 0 fully saturated rings. The third-order valence-electron chi connectivity index (χ3n) is 2.93. The molecule has 0 heterocycles. The normalized spacial score (nSPS) is 10.6. The fourth-order valence-electron chi connectivity index (χ4n) is 1.98. The maximum Gasteiger partial charge on any atom is 0.126 e. The van der Waals surface area contributed by atoms with E-state index in [9.17, 15) is 4.39 Å². The summed E-state index contributed by atoms with van der Waals surface area (Å²) in [5.74, 6) is -0.0455. The van der Waals surface area contributed by atoms with Gasteiger partial charge in [-0.3, -0.25) is 0 Å². The summed E-state index contributed by atoms with van der Waals surface area (Å²) in [6.07, 6.45) is 2.98. The third-order valence-corrected chi connectivity index (χ3v) is 2.93. The molecule has 0 saturated carbocycles. The summed E-state index contributed by atoms with van der Waals surface area (Å²) in [5, 5.41) is 0. The zero-order valence-electron chi connectivity index (χ0n) is 9.58. The third kappa shape index (κ3) is 1.97. The number of hydrogen-bond acceptors (Lipinski definition) is 0. The Bertz CT molecular complexity index is 326. The number of aryl methyl sites for hydroxylation is 1. The zero-order valence-corrected chi connectivity index (χ0v) is 9.58. The van der Waals surface area contributed by atoms with Crippen LogP contribution in [0.15, 0.2) is 6.07 Å². The number of halogens is 1. The minimum Gasteiger partial charge on any atom is -0.207 e. The molecular formula is C13H19F. The minimum atomic E-state index is -0.0455. The second-order valence-corrected chi connectivity index (χ2v) is 3.85. The van der Waals surface area contributed by atoms with Gasteiger partial charge in [0.2, 0.25) is 0 Å². The molecule has 1 aromatic carbocycles. The Morgan fingerprint density at radius 1 is 1.14 bits per heavy atom. The van der Waals surface area contributed by atoms with E-state index in [-0.39, 0.29) is 5.82 Å². The van der Waals surface area contributed by atoms with Gasteiger partial charge in [-0.05, 0) is 55.0 Å². The lowest BCUT2D eigenvalue weighted by molar-refractivity contribution is 0.611. The molecule has 0 N–H and O–H groups in total. The van der Waals surface area contributed by atoms with Gasteiger partial charge in [-0.2, -0.15) is 0 Å². The van der Waals surface area contributed by atoms with E-state index in [2.05, 4.69) is 20.8 Å². The van der Waals surface area contributed by atoms with Crippen molar-refractivity contribution in [1.82, 2.24) is 0 Å². The number of rotatable bonds is 3. The topological polar surface area (TPSA) is 0 Å². The van der Waals surface area contributed by atoms with Crippen molar-refractivity contribution in [2.45, 2.75) is 47.0 Å². The molecule has 0 aromatic heterocycles. The van der Waals surface area contributed by atoms with E-state index in [1.165, 1.54) is 11.1 Å². The minimum absolute atomic E-state index is 0.0455. The lowest BCUT2D eigenvalue weighted by Gasteiger charge is -2.13. The SMILES string of the molecule is CCCc1c(C)c(F)cc(CC)c1C. The maximum atomic E-state index is 13.5. The molecule has 0 radical (unpaired) electrons. The smallest absolute Gasteiger partial charge is 0.126 e. The first-order valence-corrected chi connectivity index (χ1v) is 5.39. The van der Waals surface area contributed by atoms with E-state index >= 15 is 0 Å². The Hall–Kier alpha value is -0.850. The number of hydrogen-bond donors (Lipinski definition) is 0. The van der Waals surface area contributed by atoms with Crippen LogP contribution in [0.2, 0.25) is 0 Å². The average molecular weight is 194 g/mol. The van der Waals surface area contributed by atoms with Crippen molar-refractivity contribution in [3.8, 4) is 0 Å². The fourth-order valence-corrected chi connectivity index (χ4v) is 1.98. The zero-order chi connectivity index (χ0) is 10.7. The van der Waals surface area contributed by atoms with Crippen molar-refractivity contribution in [1.29, 1.82) is 0 Å². The first-order chi connectivity index (χ1) is 6.61. The number of benzene rings is 1. The Kier molecular flexibility index (Phi) is 3.68. The summed E-state index contributed by atoms with van der Waals surface area (Å²) >= 11 is 0. The average Bonchev–Trinajstić information content (AvgIpc) is 2.18. The molecule has 0 aliphatic heterocycles. The second kappa shape index (κ2) is 4.59. The van der Waals surface area contributed by atoms with Crippen LogP contribution in [0.25, 0.3) is 0 Å². The largest absolute Gasteiger partial charge is 0.207 e. The van der Waals surface area contributed by atoms with Crippen molar-refractivity contribution < 1.29 is 4.39 Å². The molecule has 0 amide bonds. The molecule has 14 heavy (non-hydrogen) atoms. The predicted octanol–water partition coefficient (Wildman–Crippen LogP) is 3.96. The van der Waals surface area contributed by atoms with Gasteiger partial charge in [-0.25, -0.2) is 4.39 Å². The molecule has 0 bridgehead atoms. The molecule has 0 aliphatic rings. The summed E-state index contributed by atoms with van der Waals surface area (Å²) in [7, 11) is 0. The van der Waals surface area contributed by atoms with Gasteiger partial charge in [0.1, 0.15) is 5.82 Å². The quantitative estimate of drug-likeness (QED) is 0.683. The highest BCUT2D eigenvalue weighted by Crippen LogP contribution is 2.23. The Morgan fingerprint density at radius 3 is 2.29 bits per heavy atom. The highest BCUT2D eigenvalue weighted by molar-refractivity contribution is 5.40. The maximum absolute atomic E-state index is 13.5. The molecule has 0 spiro atoms. The molecule has 0 aliphatic carbocycles. The molecule has 78 valence electrons. The second-order valence-electron chi connectivity index (χ2n) is 3.85. The van der Waals surface area contributed by atoms with E-state index in [0.29, 0.717) is 0 Å². The van der Waals surface area contributed by atoms with Crippen LogP contribution < -0.4 is 0 Å². The Balaban J connectivity index is 3.29. The summed E-state index contributed by atoms with van der Waals surface area (Å²) < 4.78 is 13.5. The molecule has 0 unspecified atom stereocenters. The lowest BCUT2D eigenvalue weighted by Crippen LogP contribution is -2.01. The highest BCUT2D eigenvalue weighted by Gasteiger charge is 2.10. The van der Waals surface area contributed by atoms with Gasteiger partial charge >= 0.3 is 0 Å². The molecular weight excluding hydrogens is 175 g/mol. The van der Waals surface area contributed by atoms with Gasteiger partial charge in [0.15, 0.2) is 0 Å². The van der Waals surface area contributed by atoms with E-state index < -0.39 is 0 Å². The van der Waals surface area contributed by atoms with E-state index in [1.807, 2.05) is 6.92 Å². The van der Waals surface area contributed by atoms with E-state index in [4.69, 9.17) is 0 Å². The van der Waals surface area contributed by atoms with Crippen LogP contribution in [0.5, 0.6) is 0 Å². The molecule has 0 nitrogen and oxygen atoms in total. The van der Waals surface area contributed by atoms with Crippen LogP contribution >= 0.6 is 0 Å². The molecule has 0 saturated heterocycles. The lowest BCUT2D eigenvalue weighted by atomic mass is 9.93. The molecule has 1 aromatic rings. The monoisotopic (exact) mass is 194 g/mol. The van der Waals surface area contributed by atoms with Gasteiger partial charge in [0, 0.05) is 0 Å². The van der Waals surface area contributed by atoms with Gasteiger partial charge in [0.05, 0.1) is 0 Å². The predicted molar refractivity (Wildman–Crippen MR) is 59.2 cm³/mol. The van der Waals surface area contributed by atoms with E-state index in [1.54, 1.807) is 6.07 Å². The Labute approximate surface area is 86.2 Å². The van der Waals surface area contributed by atoms with Crippen molar-refractivity contribution in [2.24, 2.45) is 0 Å². The first-order valence-electron chi connectivity index (χ1n) is 5.39.